The highest BCUT2D eigenvalue weighted by Gasteiger charge is 2.42. The van der Waals surface area contributed by atoms with E-state index < -0.39 is 28.6 Å². The maximum Gasteiger partial charge on any atom is 0.450 e. The van der Waals surface area contributed by atoms with Gasteiger partial charge in [-0.25, -0.2) is 4.39 Å². The molecule has 0 unspecified atom stereocenters. The monoisotopic (exact) mass is 431 g/mol. The lowest BCUT2D eigenvalue weighted by molar-refractivity contribution is -0.133. The lowest BCUT2D eigenvalue weighted by Gasteiger charge is -2.22. The molecule has 0 saturated heterocycles. The van der Waals surface area contributed by atoms with Gasteiger partial charge in [-0.15, -0.1) is 11.8 Å². The average molecular weight is 432 g/mol. The number of carbonyl (C=O) groups excluding carboxylic acids is 1. The molecular formula is C19H14ClF4NO2S. The summed E-state index contributed by atoms with van der Waals surface area (Å²) in [5.41, 5.74) is 1.80. The zero-order valence-electron chi connectivity index (χ0n) is 14.5. The summed E-state index contributed by atoms with van der Waals surface area (Å²) < 4.78 is 57.9. The Balaban J connectivity index is 1.99. The van der Waals surface area contributed by atoms with Gasteiger partial charge in [0, 0.05) is 22.0 Å². The molecule has 0 aromatic heterocycles. The van der Waals surface area contributed by atoms with E-state index in [0.29, 0.717) is 16.1 Å². The summed E-state index contributed by atoms with van der Waals surface area (Å²) >= 11 is 6.78. The van der Waals surface area contributed by atoms with Crippen LogP contribution in [0.1, 0.15) is 5.56 Å². The number of amides is 1. The molecule has 28 heavy (non-hydrogen) atoms. The topological polar surface area (TPSA) is 38.3 Å². The first-order valence-corrected chi connectivity index (χ1v) is 9.47. The number of halogens is 5. The van der Waals surface area contributed by atoms with Crippen LogP contribution in [0.2, 0.25) is 5.02 Å². The Hall–Kier alpha value is -2.19. The molecule has 0 fully saturated rings. The van der Waals surface area contributed by atoms with Crippen LogP contribution in [0.5, 0.6) is 0 Å². The van der Waals surface area contributed by atoms with Crippen LogP contribution < -0.4 is 5.32 Å². The van der Waals surface area contributed by atoms with E-state index in [0.717, 1.165) is 23.4 Å². The van der Waals surface area contributed by atoms with E-state index in [9.17, 15) is 22.4 Å². The maximum atomic E-state index is 13.8. The largest absolute Gasteiger partial charge is 0.487 e. The molecule has 1 aliphatic rings. The molecule has 0 bridgehead atoms. The number of rotatable bonds is 3. The molecule has 0 radical (unpaired) electrons. The Morgan fingerprint density at radius 3 is 2.64 bits per heavy atom. The van der Waals surface area contributed by atoms with E-state index in [4.69, 9.17) is 11.6 Å². The minimum atomic E-state index is -4.78. The molecule has 1 aliphatic heterocycles. The van der Waals surface area contributed by atoms with Crippen molar-refractivity contribution in [1.29, 1.82) is 0 Å². The summed E-state index contributed by atoms with van der Waals surface area (Å²) in [6.07, 6.45) is -4.78. The smallest absolute Gasteiger partial charge is 0.450 e. The molecule has 9 heteroatoms. The van der Waals surface area contributed by atoms with Crippen molar-refractivity contribution in [3.05, 3.63) is 63.5 Å². The number of hydrogen-bond donors (Lipinski definition) is 1. The Labute approximate surface area is 167 Å². The zero-order chi connectivity index (χ0) is 20.5. The average Bonchev–Trinajstić information content (AvgIpc) is 2.64. The standard InChI is InChI=1S/C19H14ClF4NO2S/c1-10-8-11(2-4-14(10)20)13-9-12(21)3-5-15(13)25-18(26)16-17(19(22,23)24)27-6-7-28-16/h2-5,8-9H,6-7H2,1H3,(H,25,26). The van der Waals surface area contributed by atoms with E-state index in [-0.39, 0.29) is 18.0 Å². The van der Waals surface area contributed by atoms with Crippen molar-refractivity contribution in [3.63, 3.8) is 0 Å². The maximum absolute atomic E-state index is 13.8. The molecule has 0 atom stereocenters. The summed E-state index contributed by atoms with van der Waals surface area (Å²) in [6.45, 7) is 1.63. The number of ether oxygens (including phenoxy) is 1. The predicted octanol–water partition coefficient (Wildman–Crippen LogP) is 5.93. The Morgan fingerprint density at radius 2 is 1.96 bits per heavy atom. The zero-order valence-corrected chi connectivity index (χ0v) is 16.1. The van der Waals surface area contributed by atoms with E-state index in [2.05, 4.69) is 10.1 Å². The third kappa shape index (κ3) is 4.44. The predicted molar refractivity (Wildman–Crippen MR) is 102 cm³/mol. The number of nitrogens with one attached hydrogen (secondary N) is 1. The second kappa shape index (κ2) is 8.05. The van der Waals surface area contributed by atoms with Gasteiger partial charge < -0.3 is 10.1 Å². The lowest BCUT2D eigenvalue weighted by Crippen LogP contribution is -2.26. The highest BCUT2D eigenvalue weighted by Crippen LogP contribution is 2.38. The molecule has 148 valence electrons. The number of allylic oxidation sites excluding steroid dienone is 1. The Kier molecular flexibility index (Phi) is 5.90. The van der Waals surface area contributed by atoms with Crippen LogP contribution in [-0.2, 0) is 9.53 Å². The van der Waals surface area contributed by atoms with Gasteiger partial charge in [0.25, 0.3) is 5.91 Å². The number of aryl methyl sites for hydroxylation is 1. The molecule has 1 N–H and O–H groups in total. The second-order valence-corrected chi connectivity index (χ2v) is 7.47. The fraction of sp³-hybridized carbons (Fsp3) is 0.211. The highest BCUT2D eigenvalue weighted by atomic mass is 35.5. The summed E-state index contributed by atoms with van der Waals surface area (Å²) in [6, 6.07) is 8.57. The Bertz CT molecular complexity index is 959. The van der Waals surface area contributed by atoms with Crippen molar-refractivity contribution in [1.82, 2.24) is 0 Å². The number of carbonyl (C=O) groups is 1. The van der Waals surface area contributed by atoms with E-state index in [1.54, 1.807) is 25.1 Å². The van der Waals surface area contributed by atoms with Crippen LogP contribution in [0.3, 0.4) is 0 Å². The molecule has 1 heterocycles. The van der Waals surface area contributed by atoms with Crippen molar-refractivity contribution < 1.29 is 27.1 Å². The van der Waals surface area contributed by atoms with Crippen molar-refractivity contribution in [2.24, 2.45) is 0 Å². The van der Waals surface area contributed by atoms with Gasteiger partial charge in [-0.2, -0.15) is 13.2 Å². The summed E-state index contributed by atoms with van der Waals surface area (Å²) in [5.74, 6) is -2.61. The Morgan fingerprint density at radius 1 is 1.21 bits per heavy atom. The van der Waals surface area contributed by atoms with Gasteiger partial charge >= 0.3 is 6.18 Å². The van der Waals surface area contributed by atoms with Crippen LogP contribution in [0.25, 0.3) is 11.1 Å². The van der Waals surface area contributed by atoms with Crippen LogP contribution in [0.15, 0.2) is 47.1 Å². The molecule has 1 amide bonds. The fourth-order valence-corrected chi connectivity index (χ4v) is 3.63. The molecule has 3 rings (SSSR count). The van der Waals surface area contributed by atoms with Gasteiger partial charge in [-0.05, 0) is 48.4 Å². The van der Waals surface area contributed by atoms with E-state index in [1.807, 2.05) is 0 Å². The van der Waals surface area contributed by atoms with Gasteiger partial charge in [0.1, 0.15) is 10.7 Å². The SMILES string of the molecule is Cc1cc(-c2cc(F)ccc2NC(=O)C2=C(C(F)(F)F)OCCS2)ccc1Cl. The van der Waals surface area contributed by atoms with Crippen molar-refractivity contribution in [3.8, 4) is 11.1 Å². The van der Waals surface area contributed by atoms with Crippen LogP contribution in [-0.4, -0.2) is 24.4 Å². The van der Waals surface area contributed by atoms with Gasteiger partial charge in [-0.1, -0.05) is 17.7 Å². The normalized spacial score (nSPS) is 14.6. The van der Waals surface area contributed by atoms with Gasteiger partial charge in [0.05, 0.1) is 6.61 Å². The van der Waals surface area contributed by atoms with Gasteiger partial charge in [0.2, 0.25) is 5.76 Å². The van der Waals surface area contributed by atoms with Crippen molar-refractivity contribution in [2.75, 3.05) is 17.7 Å². The first-order valence-electron chi connectivity index (χ1n) is 8.11. The molecule has 3 nitrogen and oxygen atoms in total. The lowest BCUT2D eigenvalue weighted by atomic mass is 10.0. The minimum absolute atomic E-state index is 0.137. The second-order valence-electron chi connectivity index (χ2n) is 5.96. The quantitative estimate of drug-likeness (QED) is 0.612. The fourth-order valence-electron chi connectivity index (χ4n) is 2.65. The van der Waals surface area contributed by atoms with E-state index in [1.165, 1.54) is 12.1 Å². The number of alkyl halides is 3. The molecule has 0 saturated carbocycles. The molecule has 0 spiro atoms. The van der Waals surface area contributed by atoms with Crippen LogP contribution in [0.4, 0.5) is 23.2 Å². The first kappa shape index (κ1) is 20.5. The molecule has 2 aromatic rings. The summed E-state index contributed by atoms with van der Waals surface area (Å²) in [4.78, 5) is 12.0. The first-order chi connectivity index (χ1) is 13.2. The molecular weight excluding hydrogens is 418 g/mol. The molecule has 2 aromatic carbocycles. The summed E-state index contributed by atoms with van der Waals surface area (Å²) in [7, 11) is 0. The van der Waals surface area contributed by atoms with Gasteiger partial charge in [-0.3, -0.25) is 4.79 Å². The van der Waals surface area contributed by atoms with E-state index >= 15 is 0 Å². The number of thioether (sulfide) groups is 1. The highest BCUT2D eigenvalue weighted by molar-refractivity contribution is 8.04. The molecule has 0 aliphatic carbocycles. The number of hydrogen-bond acceptors (Lipinski definition) is 3. The third-order valence-electron chi connectivity index (χ3n) is 3.94. The number of anilines is 1. The van der Waals surface area contributed by atoms with Crippen molar-refractivity contribution >= 4 is 35.0 Å². The third-order valence-corrected chi connectivity index (χ3v) is 5.40. The van der Waals surface area contributed by atoms with Crippen LogP contribution >= 0.6 is 23.4 Å². The minimum Gasteiger partial charge on any atom is -0.487 e. The van der Waals surface area contributed by atoms with Crippen LogP contribution in [0, 0.1) is 12.7 Å². The van der Waals surface area contributed by atoms with Crippen molar-refractivity contribution in [2.45, 2.75) is 13.1 Å². The number of benzene rings is 2. The summed E-state index contributed by atoms with van der Waals surface area (Å²) in [5, 5.41) is 2.96. The van der Waals surface area contributed by atoms with Gasteiger partial charge in [0.15, 0.2) is 0 Å².